The van der Waals surface area contributed by atoms with Crippen molar-refractivity contribution in [2.75, 3.05) is 25.4 Å². The fourth-order valence-corrected chi connectivity index (χ4v) is 5.41. The number of amides is 1. The van der Waals surface area contributed by atoms with E-state index in [-0.39, 0.29) is 5.91 Å². The van der Waals surface area contributed by atoms with E-state index >= 15 is 0 Å². The standard InChI is InChI=1S/C23H33N5OS/c1-2-20-12-6-7-15-27(20)22(29)18-30-23-25-24-21(17-26-13-8-9-14-26)28(23)16-19-10-4-3-5-11-19/h3-5,10-11,20H,2,6-9,12-18H2,1H3/t20-/m0/s1. The molecule has 2 aliphatic rings. The van der Waals surface area contributed by atoms with E-state index in [1.807, 2.05) is 6.07 Å². The third kappa shape index (κ3) is 5.24. The molecule has 2 fully saturated rings. The zero-order chi connectivity index (χ0) is 20.8. The first-order valence-corrected chi connectivity index (χ1v) is 12.3. The topological polar surface area (TPSA) is 54.3 Å². The molecule has 2 saturated heterocycles. The molecule has 1 aromatic heterocycles. The van der Waals surface area contributed by atoms with Crippen molar-refractivity contribution in [1.82, 2.24) is 24.6 Å². The smallest absolute Gasteiger partial charge is 0.233 e. The van der Waals surface area contributed by atoms with Crippen LogP contribution in [-0.4, -0.2) is 61.9 Å². The molecule has 0 radical (unpaired) electrons. The number of hydrogen-bond acceptors (Lipinski definition) is 5. The van der Waals surface area contributed by atoms with Crippen molar-refractivity contribution in [3.8, 4) is 0 Å². The fraction of sp³-hybridized carbons (Fsp3) is 0.609. The van der Waals surface area contributed by atoms with Crippen LogP contribution in [0.1, 0.15) is 56.8 Å². The molecule has 0 aliphatic carbocycles. The van der Waals surface area contributed by atoms with Crippen LogP contribution >= 0.6 is 11.8 Å². The zero-order valence-corrected chi connectivity index (χ0v) is 18.8. The van der Waals surface area contributed by atoms with Crippen molar-refractivity contribution in [3.05, 3.63) is 41.7 Å². The summed E-state index contributed by atoms with van der Waals surface area (Å²) < 4.78 is 2.21. The average molecular weight is 428 g/mol. The van der Waals surface area contributed by atoms with Crippen molar-refractivity contribution in [2.24, 2.45) is 0 Å². The Labute approximate surface area is 184 Å². The highest BCUT2D eigenvalue weighted by atomic mass is 32.2. The SMILES string of the molecule is CC[C@H]1CCCCN1C(=O)CSc1nnc(CN2CCCC2)n1Cc1ccccc1. The average Bonchev–Trinajstić information content (AvgIpc) is 3.43. The number of carbonyl (C=O) groups is 1. The van der Waals surface area contributed by atoms with Crippen LogP contribution in [0.4, 0.5) is 0 Å². The summed E-state index contributed by atoms with van der Waals surface area (Å²) in [6.07, 6.45) is 7.06. The minimum Gasteiger partial charge on any atom is -0.339 e. The first-order valence-electron chi connectivity index (χ1n) is 11.3. The van der Waals surface area contributed by atoms with Gasteiger partial charge in [0, 0.05) is 12.6 Å². The molecule has 6 nitrogen and oxygen atoms in total. The van der Waals surface area contributed by atoms with Crippen LogP contribution in [0.5, 0.6) is 0 Å². The molecule has 30 heavy (non-hydrogen) atoms. The normalized spacial score (nSPS) is 20.0. The lowest BCUT2D eigenvalue weighted by Crippen LogP contribution is -2.44. The monoisotopic (exact) mass is 427 g/mol. The number of benzene rings is 1. The molecule has 1 amide bonds. The largest absolute Gasteiger partial charge is 0.339 e. The van der Waals surface area contributed by atoms with Gasteiger partial charge in [0.15, 0.2) is 5.16 Å². The molecule has 1 aromatic carbocycles. The Morgan fingerprint density at radius 3 is 2.57 bits per heavy atom. The number of nitrogens with zero attached hydrogens (tertiary/aromatic N) is 5. The minimum atomic E-state index is 0.238. The molecule has 162 valence electrons. The Bertz CT molecular complexity index is 818. The number of likely N-dealkylation sites (tertiary alicyclic amines) is 2. The van der Waals surface area contributed by atoms with Crippen molar-refractivity contribution >= 4 is 17.7 Å². The van der Waals surface area contributed by atoms with Crippen LogP contribution in [0.15, 0.2) is 35.5 Å². The maximum atomic E-state index is 12.9. The Morgan fingerprint density at radius 1 is 1.03 bits per heavy atom. The molecular weight excluding hydrogens is 394 g/mol. The molecule has 0 bridgehead atoms. The van der Waals surface area contributed by atoms with E-state index in [0.717, 1.165) is 63.0 Å². The van der Waals surface area contributed by atoms with Gasteiger partial charge in [-0.25, -0.2) is 0 Å². The van der Waals surface area contributed by atoms with Gasteiger partial charge in [0.1, 0.15) is 5.82 Å². The van der Waals surface area contributed by atoms with Crippen LogP contribution < -0.4 is 0 Å². The predicted octanol–water partition coefficient (Wildman–Crippen LogP) is 3.81. The Hall–Kier alpha value is -1.86. The molecule has 0 saturated carbocycles. The maximum absolute atomic E-state index is 12.9. The van der Waals surface area contributed by atoms with Crippen LogP contribution in [0, 0.1) is 0 Å². The molecule has 0 N–H and O–H groups in total. The first-order chi connectivity index (χ1) is 14.7. The maximum Gasteiger partial charge on any atom is 0.233 e. The molecule has 1 atom stereocenters. The van der Waals surface area contributed by atoms with E-state index in [9.17, 15) is 4.79 Å². The van der Waals surface area contributed by atoms with Gasteiger partial charge >= 0.3 is 0 Å². The zero-order valence-electron chi connectivity index (χ0n) is 18.0. The van der Waals surface area contributed by atoms with Crippen LogP contribution in [-0.2, 0) is 17.9 Å². The van der Waals surface area contributed by atoms with Gasteiger partial charge in [0.25, 0.3) is 0 Å². The Kier molecular flexibility index (Phi) is 7.44. The van der Waals surface area contributed by atoms with Gasteiger partial charge in [-0.1, -0.05) is 49.0 Å². The van der Waals surface area contributed by atoms with Crippen LogP contribution in [0.25, 0.3) is 0 Å². The van der Waals surface area contributed by atoms with E-state index < -0.39 is 0 Å². The minimum absolute atomic E-state index is 0.238. The first kappa shape index (κ1) is 21.4. The second-order valence-corrected chi connectivity index (χ2v) is 9.33. The summed E-state index contributed by atoms with van der Waals surface area (Å²) in [6.45, 7) is 6.92. The van der Waals surface area contributed by atoms with Gasteiger partial charge < -0.3 is 9.47 Å². The number of aromatic nitrogens is 3. The van der Waals surface area contributed by atoms with Gasteiger partial charge in [-0.15, -0.1) is 10.2 Å². The molecule has 7 heteroatoms. The highest BCUT2D eigenvalue weighted by molar-refractivity contribution is 7.99. The summed E-state index contributed by atoms with van der Waals surface area (Å²) in [4.78, 5) is 17.5. The summed E-state index contributed by atoms with van der Waals surface area (Å²) in [5.41, 5.74) is 1.23. The van der Waals surface area contributed by atoms with E-state index in [1.54, 1.807) is 0 Å². The molecule has 0 spiro atoms. The van der Waals surface area contributed by atoms with Crippen molar-refractivity contribution in [3.63, 3.8) is 0 Å². The number of rotatable bonds is 8. The number of carbonyl (C=O) groups excluding carboxylic acids is 1. The molecule has 2 aliphatic heterocycles. The third-order valence-corrected chi connectivity index (χ3v) is 7.24. The lowest BCUT2D eigenvalue weighted by molar-refractivity contribution is -0.132. The summed E-state index contributed by atoms with van der Waals surface area (Å²) >= 11 is 1.54. The Morgan fingerprint density at radius 2 is 1.80 bits per heavy atom. The molecule has 0 unspecified atom stereocenters. The lowest BCUT2D eigenvalue weighted by atomic mass is 10.0. The number of thioether (sulfide) groups is 1. The Balaban J connectivity index is 1.47. The summed E-state index contributed by atoms with van der Waals surface area (Å²) in [5.74, 6) is 1.68. The number of piperidine rings is 1. The van der Waals surface area contributed by atoms with Gasteiger partial charge in [0.05, 0.1) is 18.8 Å². The van der Waals surface area contributed by atoms with E-state index in [4.69, 9.17) is 0 Å². The van der Waals surface area contributed by atoms with Gasteiger partial charge in [0.2, 0.25) is 5.91 Å². The van der Waals surface area contributed by atoms with E-state index in [1.165, 1.54) is 36.6 Å². The van der Waals surface area contributed by atoms with Crippen LogP contribution in [0.3, 0.4) is 0 Å². The quantitative estimate of drug-likeness (QED) is 0.600. The van der Waals surface area contributed by atoms with Gasteiger partial charge in [-0.2, -0.15) is 0 Å². The van der Waals surface area contributed by atoms with Crippen molar-refractivity contribution < 1.29 is 4.79 Å². The van der Waals surface area contributed by atoms with E-state index in [2.05, 4.69) is 55.8 Å². The summed E-state index contributed by atoms with van der Waals surface area (Å²) in [7, 11) is 0. The molecular formula is C23H33N5OS. The molecule has 2 aromatic rings. The highest BCUT2D eigenvalue weighted by Gasteiger charge is 2.26. The fourth-order valence-electron chi connectivity index (χ4n) is 4.57. The van der Waals surface area contributed by atoms with Crippen molar-refractivity contribution in [1.29, 1.82) is 0 Å². The van der Waals surface area contributed by atoms with E-state index in [0.29, 0.717) is 11.8 Å². The third-order valence-electron chi connectivity index (χ3n) is 6.28. The van der Waals surface area contributed by atoms with Gasteiger partial charge in [-0.3, -0.25) is 9.69 Å². The number of hydrogen-bond donors (Lipinski definition) is 0. The second-order valence-electron chi connectivity index (χ2n) is 8.39. The molecule has 4 rings (SSSR count). The second kappa shape index (κ2) is 10.4. The summed E-state index contributed by atoms with van der Waals surface area (Å²) in [6, 6.07) is 10.9. The lowest BCUT2D eigenvalue weighted by Gasteiger charge is -2.35. The predicted molar refractivity (Wildman–Crippen MR) is 120 cm³/mol. The summed E-state index contributed by atoms with van der Waals surface area (Å²) in [5, 5.41) is 9.87. The van der Waals surface area contributed by atoms with Crippen molar-refractivity contribution in [2.45, 2.75) is 69.7 Å². The molecule has 3 heterocycles. The van der Waals surface area contributed by atoms with Gasteiger partial charge in [-0.05, 0) is 57.2 Å². The highest BCUT2D eigenvalue weighted by Crippen LogP contribution is 2.24. The van der Waals surface area contributed by atoms with Crippen LogP contribution in [0.2, 0.25) is 0 Å².